The lowest BCUT2D eigenvalue weighted by molar-refractivity contribution is -0.144. The van der Waals surface area contributed by atoms with Gasteiger partial charge >= 0.3 is 5.97 Å². The number of H-pyrrole nitrogens is 1. The minimum atomic E-state index is -3.59. The van der Waals surface area contributed by atoms with E-state index in [0.717, 1.165) is 24.7 Å². The number of esters is 1. The molecule has 12 heteroatoms. The number of amides is 2. The zero-order valence-corrected chi connectivity index (χ0v) is 25.8. The first-order valence-corrected chi connectivity index (χ1v) is 15.9. The predicted molar refractivity (Wildman–Crippen MR) is 162 cm³/mol. The van der Waals surface area contributed by atoms with Gasteiger partial charge in [-0.3, -0.25) is 14.4 Å². The van der Waals surface area contributed by atoms with Gasteiger partial charge in [-0.2, -0.15) is 0 Å². The van der Waals surface area contributed by atoms with E-state index in [1.807, 2.05) is 18.2 Å². The highest BCUT2D eigenvalue weighted by Crippen LogP contribution is 2.41. The number of anilines is 1. The van der Waals surface area contributed by atoms with Gasteiger partial charge < -0.3 is 20.4 Å². The Balaban J connectivity index is 1.67. The highest BCUT2D eigenvalue weighted by molar-refractivity contribution is 7.88. The summed E-state index contributed by atoms with van der Waals surface area (Å²) in [6.45, 7) is 11.0. The van der Waals surface area contributed by atoms with Crippen molar-refractivity contribution in [1.82, 2.24) is 15.0 Å². The van der Waals surface area contributed by atoms with Gasteiger partial charge in [-0.05, 0) is 50.5 Å². The lowest BCUT2D eigenvalue weighted by atomic mass is 9.69. The first-order valence-electron chi connectivity index (χ1n) is 14.0. The molecule has 4 rings (SSSR count). The standard InChI is InChI=1S/C30H39N5O6S/c1-15-12-16(2)25(17(3)13-15)30(38)41-26-18(4)23(32-28(26)31-20(6)36)14-24-21-10-8-9-11-22(21)27(33-24)34-29(37)19(5)35-42(7,39)40/h8-11,14-17,19,25,32,35H,12-13H2,1-7H3,(H,31,36)(H,33,34,37). The monoisotopic (exact) mass is 597 g/mol. The molecule has 1 aromatic carbocycles. The van der Waals surface area contributed by atoms with Crippen molar-refractivity contribution in [3.05, 3.63) is 46.6 Å². The van der Waals surface area contributed by atoms with Gasteiger partial charge in [0, 0.05) is 29.3 Å². The van der Waals surface area contributed by atoms with Crippen molar-refractivity contribution in [2.75, 3.05) is 11.6 Å². The van der Waals surface area contributed by atoms with Crippen molar-refractivity contribution in [2.45, 2.75) is 60.4 Å². The number of aromatic nitrogens is 1. The fraction of sp³-hybridized carbons (Fsp3) is 0.467. The first kappa shape index (κ1) is 31.2. The Morgan fingerprint density at radius 2 is 1.69 bits per heavy atom. The van der Waals surface area contributed by atoms with Crippen molar-refractivity contribution in [2.24, 2.45) is 28.7 Å². The number of rotatable bonds is 7. The molecule has 0 spiro atoms. The molecule has 1 fully saturated rings. The Morgan fingerprint density at radius 3 is 2.29 bits per heavy atom. The zero-order valence-electron chi connectivity index (χ0n) is 25.0. The van der Waals surface area contributed by atoms with Gasteiger partial charge in [-0.25, -0.2) is 18.1 Å². The summed E-state index contributed by atoms with van der Waals surface area (Å²) in [5.41, 5.74) is 3.10. The fourth-order valence-corrected chi connectivity index (χ4v) is 6.83. The number of amidine groups is 1. The SMILES string of the molecule is CC(=O)Nc1[nH]c(C=C2N=C(NC(=O)C(C)NS(C)(=O)=O)c3ccccc32)c(C)c1OC(=O)C1C(C)CC(C)CC1C. The maximum Gasteiger partial charge on any atom is 0.315 e. The summed E-state index contributed by atoms with van der Waals surface area (Å²) in [6, 6.07) is 6.29. The van der Waals surface area contributed by atoms with Crippen LogP contribution in [-0.2, 0) is 24.4 Å². The number of nitrogens with zero attached hydrogens (tertiary/aromatic N) is 1. The van der Waals surface area contributed by atoms with Crippen LogP contribution in [0.4, 0.5) is 5.82 Å². The molecule has 1 aliphatic heterocycles. The van der Waals surface area contributed by atoms with Crippen molar-refractivity contribution in [3.63, 3.8) is 0 Å². The fourth-order valence-electron chi connectivity index (χ4n) is 6.08. The van der Waals surface area contributed by atoms with Crippen LogP contribution in [0.1, 0.15) is 69.8 Å². The van der Waals surface area contributed by atoms with Crippen molar-refractivity contribution in [1.29, 1.82) is 0 Å². The molecule has 2 heterocycles. The molecule has 1 aliphatic carbocycles. The average molecular weight is 598 g/mol. The minimum absolute atomic E-state index is 0.176. The maximum atomic E-state index is 13.4. The zero-order chi connectivity index (χ0) is 30.9. The van der Waals surface area contributed by atoms with Gasteiger partial charge in [0.2, 0.25) is 21.8 Å². The highest BCUT2D eigenvalue weighted by atomic mass is 32.2. The molecule has 2 aliphatic rings. The number of fused-ring (bicyclic) bond motifs is 1. The van der Waals surface area contributed by atoms with E-state index in [2.05, 4.69) is 46.1 Å². The third-order valence-electron chi connectivity index (χ3n) is 7.78. The molecule has 1 aromatic heterocycles. The summed E-state index contributed by atoms with van der Waals surface area (Å²) in [4.78, 5) is 45.9. The summed E-state index contributed by atoms with van der Waals surface area (Å²) in [5, 5.41) is 5.44. The third kappa shape index (κ3) is 6.99. The normalized spacial score (nSPS) is 23.6. The van der Waals surface area contributed by atoms with Crippen LogP contribution in [0.25, 0.3) is 11.8 Å². The number of nitrogens with one attached hydrogen (secondary N) is 4. The summed E-state index contributed by atoms with van der Waals surface area (Å²) < 4.78 is 31.4. The Morgan fingerprint density at radius 1 is 1.07 bits per heavy atom. The molecule has 3 unspecified atom stereocenters. The number of benzene rings is 1. The van der Waals surface area contributed by atoms with Crippen molar-refractivity contribution < 1.29 is 27.5 Å². The van der Waals surface area contributed by atoms with Crippen molar-refractivity contribution >= 4 is 51.2 Å². The van der Waals surface area contributed by atoms with Crippen LogP contribution in [0.2, 0.25) is 0 Å². The Bertz CT molecular complexity index is 1560. The highest BCUT2D eigenvalue weighted by Gasteiger charge is 2.38. The number of ether oxygens (including phenoxy) is 1. The number of carbonyl (C=O) groups is 3. The van der Waals surface area contributed by atoms with Gasteiger partial charge in [-0.15, -0.1) is 0 Å². The second kappa shape index (κ2) is 12.2. The first-order chi connectivity index (χ1) is 19.6. The van der Waals surface area contributed by atoms with Gasteiger partial charge in [0.1, 0.15) is 5.84 Å². The van der Waals surface area contributed by atoms with E-state index < -0.39 is 22.0 Å². The van der Waals surface area contributed by atoms with E-state index in [1.165, 1.54) is 13.8 Å². The molecule has 2 amide bonds. The number of hydrogen-bond donors (Lipinski definition) is 4. The van der Waals surface area contributed by atoms with E-state index in [0.29, 0.717) is 28.4 Å². The summed E-state index contributed by atoms with van der Waals surface area (Å²) in [5.74, 6) is 0.241. The number of aromatic amines is 1. The van der Waals surface area contributed by atoms with Crippen LogP contribution in [0.15, 0.2) is 29.3 Å². The average Bonchev–Trinajstić information content (AvgIpc) is 3.34. The number of carbonyl (C=O) groups excluding carboxylic acids is 3. The molecular formula is C30H39N5O6S. The lowest BCUT2D eigenvalue weighted by Gasteiger charge is -2.36. The Kier molecular flexibility index (Phi) is 9.07. The van der Waals surface area contributed by atoms with Crippen LogP contribution in [0.5, 0.6) is 5.75 Å². The molecule has 226 valence electrons. The van der Waals surface area contributed by atoms with Crippen LogP contribution in [0, 0.1) is 30.6 Å². The van der Waals surface area contributed by atoms with Gasteiger partial charge in [0.15, 0.2) is 11.6 Å². The van der Waals surface area contributed by atoms with Crippen LogP contribution in [0.3, 0.4) is 0 Å². The summed E-state index contributed by atoms with van der Waals surface area (Å²) in [7, 11) is -3.59. The molecule has 0 radical (unpaired) electrons. The molecule has 0 saturated heterocycles. The minimum Gasteiger partial charge on any atom is -0.422 e. The Labute approximate surface area is 246 Å². The molecule has 2 aromatic rings. The maximum absolute atomic E-state index is 13.4. The van der Waals surface area contributed by atoms with Crippen LogP contribution in [-0.4, -0.2) is 49.3 Å². The molecule has 0 bridgehead atoms. The van der Waals surface area contributed by atoms with Crippen LogP contribution < -0.4 is 20.1 Å². The largest absolute Gasteiger partial charge is 0.422 e. The summed E-state index contributed by atoms with van der Waals surface area (Å²) in [6.07, 6.45) is 4.63. The van der Waals surface area contributed by atoms with Gasteiger partial charge in [0.05, 0.1) is 23.9 Å². The predicted octanol–water partition coefficient (Wildman–Crippen LogP) is 3.82. The quantitative estimate of drug-likeness (QED) is 0.355. The topological polar surface area (TPSA) is 159 Å². The van der Waals surface area contributed by atoms with E-state index in [9.17, 15) is 22.8 Å². The molecular weight excluding hydrogens is 558 g/mol. The van der Waals surface area contributed by atoms with Crippen molar-refractivity contribution in [3.8, 4) is 5.75 Å². The van der Waals surface area contributed by atoms with Gasteiger partial charge in [0.25, 0.3) is 0 Å². The molecule has 42 heavy (non-hydrogen) atoms. The molecule has 11 nitrogen and oxygen atoms in total. The Hall–Kier alpha value is -3.77. The molecule has 4 N–H and O–H groups in total. The lowest BCUT2D eigenvalue weighted by Crippen LogP contribution is -2.46. The number of hydrogen-bond acceptors (Lipinski definition) is 7. The number of aliphatic imine (C=N–C) groups is 1. The second-order valence-electron chi connectivity index (χ2n) is 11.7. The van der Waals surface area contributed by atoms with E-state index in [4.69, 9.17) is 4.74 Å². The second-order valence-corrected chi connectivity index (χ2v) is 13.4. The number of sulfonamides is 1. The van der Waals surface area contributed by atoms with E-state index >= 15 is 0 Å². The summed E-state index contributed by atoms with van der Waals surface area (Å²) >= 11 is 0. The molecule has 1 saturated carbocycles. The van der Waals surface area contributed by atoms with E-state index in [-0.39, 0.29) is 47.0 Å². The smallest absolute Gasteiger partial charge is 0.315 e. The third-order valence-corrected chi connectivity index (χ3v) is 8.56. The molecule has 3 atom stereocenters. The van der Waals surface area contributed by atoms with E-state index in [1.54, 1.807) is 19.1 Å². The van der Waals surface area contributed by atoms with Crippen LogP contribution >= 0.6 is 0 Å². The van der Waals surface area contributed by atoms with Gasteiger partial charge in [-0.1, -0.05) is 45.0 Å².